The van der Waals surface area contributed by atoms with Gasteiger partial charge in [-0.3, -0.25) is 4.79 Å². The van der Waals surface area contributed by atoms with E-state index >= 15 is 0 Å². The zero-order chi connectivity index (χ0) is 14.9. The molecule has 2 rings (SSSR count). The van der Waals surface area contributed by atoms with Crippen LogP contribution in [0.15, 0.2) is 33.6 Å². The van der Waals surface area contributed by atoms with Gasteiger partial charge in [0.25, 0.3) is 0 Å². The van der Waals surface area contributed by atoms with E-state index in [0.29, 0.717) is 6.54 Å². The summed E-state index contributed by atoms with van der Waals surface area (Å²) in [7, 11) is -2.24. The number of halogens is 1. The van der Waals surface area contributed by atoms with Gasteiger partial charge in [-0.1, -0.05) is 22.9 Å². The number of hydrogen-bond donors (Lipinski definition) is 0. The number of nitrogens with zero attached hydrogens (tertiary/aromatic N) is 1. The molecule has 0 radical (unpaired) electrons. The Labute approximate surface area is 127 Å². The molecule has 0 spiro atoms. The molecule has 20 heavy (non-hydrogen) atoms. The van der Waals surface area contributed by atoms with Crippen LogP contribution in [-0.4, -0.2) is 38.9 Å². The Kier molecular flexibility index (Phi) is 4.51. The van der Waals surface area contributed by atoms with E-state index in [1.807, 2.05) is 6.92 Å². The fourth-order valence-corrected chi connectivity index (χ4v) is 4.16. The largest absolute Gasteiger partial charge is 0.469 e. The van der Waals surface area contributed by atoms with Gasteiger partial charge >= 0.3 is 5.97 Å². The Bertz CT molecular complexity index is 599. The van der Waals surface area contributed by atoms with Crippen molar-refractivity contribution in [1.82, 2.24) is 4.31 Å². The van der Waals surface area contributed by atoms with Gasteiger partial charge in [0.15, 0.2) is 0 Å². The Morgan fingerprint density at radius 2 is 1.90 bits per heavy atom. The topological polar surface area (TPSA) is 63.7 Å². The third-order valence-corrected chi connectivity index (χ3v) is 5.91. The third kappa shape index (κ3) is 2.89. The average Bonchev–Trinajstić information content (AvgIpc) is 2.81. The van der Waals surface area contributed by atoms with Gasteiger partial charge < -0.3 is 4.74 Å². The molecule has 0 aromatic heterocycles. The normalized spacial score (nSPS) is 23.8. The van der Waals surface area contributed by atoms with Crippen LogP contribution in [0.1, 0.15) is 6.92 Å². The molecule has 1 aliphatic heterocycles. The van der Waals surface area contributed by atoms with Gasteiger partial charge in [0.05, 0.1) is 17.9 Å². The van der Waals surface area contributed by atoms with Gasteiger partial charge in [-0.15, -0.1) is 0 Å². The van der Waals surface area contributed by atoms with Crippen molar-refractivity contribution in [3.05, 3.63) is 28.7 Å². The molecule has 1 aliphatic rings. The molecular weight excluding hydrogens is 346 g/mol. The first kappa shape index (κ1) is 15.5. The molecule has 5 nitrogen and oxygen atoms in total. The number of carbonyl (C=O) groups excluding carboxylic acids is 1. The fourth-order valence-electron chi connectivity index (χ4n) is 2.33. The summed E-state index contributed by atoms with van der Waals surface area (Å²) >= 11 is 3.27. The lowest BCUT2D eigenvalue weighted by molar-refractivity contribution is -0.145. The van der Waals surface area contributed by atoms with Crippen LogP contribution in [0.2, 0.25) is 0 Å². The Morgan fingerprint density at radius 1 is 1.30 bits per heavy atom. The van der Waals surface area contributed by atoms with Crippen molar-refractivity contribution in [1.29, 1.82) is 0 Å². The number of rotatable bonds is 3. The summed E-state index contributed by atoms with van der Waals surface area (Å²) in [5.41, 5.74) is 0. The number of ether oxygens (including phenoxy) is 1. The first-order chi connectivity index (χ1) is 9.36. The summed E-state index contributed by atoms with van der Waals surface area (Å²) < 4.78 is 31.9. The van der Waals surface area contributed by atoms with Crippen LogP contribution in [0.4, 0.5) is 0 Å². The maximum Gasteiger partial charge on any atom is 0.310 e. The molecule has 1 fully saturated rings. The molecule has 0 aliphatic carbocycles. The van der Waals surface area contributed by atoms with Crippen molar-refractivity contribution < 1.29 is 17.9 Å². The third-order valence-electron chi connectivity index (χ3n) is 3.53. The Balaban J connectivity index is 2.24. The molecule has 1 aromatic rings. The summed E-state index contributed by atoms with van der Waals surface area (Å²) in [6.07, 6.45) is 0. The number of methoxy groups -OCH3 is 1. The highest BCUT2D eigenvalue weighted by molar-refractivity contribution is 9.10. The van der Waals surface area contributed by atoms with Crippen LogP contribution in [-0.2, 0) is 19.6 Å². The number of benzene rings is 1. The quantitative estimate of drug-likeness (QED) is 0.771. The Hall–Kier alpha value is -0.920. The fraction of sp³-hybridized carbons (Fsp3) is 0.462. The predicted octanol–water partition coefficient (Wildman–Crippen LogP) is 1.88. The first-order valence-corrected chi connectivity index (χ1v) is 8.43. The molecule has 1 heterocycles. The number of sulfonamides is 1. The molecule has 0 bridgehead atoms. The number of hydrogen-bond acceptors (Lipinski definition) is 4. The summed E-state index contributed by atoms with van der Waals surface area (Å²) in [5, 5.41) is 0. The summed E-state index contributed by atoms with van der Waals surface area (Å²) in [5.74, 6) is -0.802. The van der Waals surface area contributed by atoms with E-state index in [1.165, 1.54) is 11.4 Å². The van der Waals surface area contributed by atoms with Crippen LogP contribution in [0.5, 0.6) is 0 Å². The van der Waals surface area contributed by atoms with Crippen molar-refractivity contribution in [2.24, 2.45) is 11.8 Å². The molecule has 2 unspecified atom stereocenters. The summed E-state index contributed by atoms with van der Waals surface area (Å²) in [6.45, 7) is 2.36. The second-order valence-corrected chi connectivity index (χ2v) is 7.74. The predicted molar refractivity (Wildman–Crippen MR) is 77.6 cm³/mol. The van der Waals surface area contributed by atoms with Gasteiger partial charge in [0, 0.05) is 17.6 Å². The smallest absolute Gasteiger partial charge is 0.310 e. The second kappa shape index (κ2) is 5.83. The van der Waals surface area contributed by atoms with Crippen molar-refractivity contribution in [2.45, 2.75) is 11.8 Å². The van der Waals surface area contributed by atoms with Crippen molar-refractivity contribution in [3.8, 4) is 0 Å². The highest BCUT2D eigenvalue weighted by atomic mass is 79.9. The lowest BCUT2D eigenvalue weighted by atomic mass is 9.99. The minimum absolute atomic E-state index is 0.0485. The lowest BCUT2D eigenvalue weighted by Gasteiger charge is -2.16. The van der Waals surface area contributed by atoms with E-state index in [4.69, 9.17) is 4.74 Å². The first-order valence-electron chi connectivity index (χ1n) is 6.20. The molecule has 110 valence electrons. The van der Waals surface area contributed by atoms with E-state index in [1.54, 1.807) is 24.3 Å². The van der Waals surface area contributed by atoms with Crippen LogP contribution < -0.4 is 0 Å². The monoisotopic (exact) mass is 361 g/mol. The van der Waals surface area contributed by atoms with E-state index in [0.717, 1.165) is 4.47 Å². The highest BCUT2D eigenvalue weighted by Gasteiger charge is 2.41. The van der Waals surface area contributed by atoms with Gasteiger partial charge in [0.1, 0.15) is 0 Å². The molecule has 1 saturated heterocycles. The van der Waals surface area contributed by atoms with Crippen molar-refractivity contribution in [2.75, 3.05) is 20.2 Å². The second-order valence-electron chi connectivity index (χ2n) is 4.88. The summed E-state index contributed by atoms with van der Waals surface area (Å²) in [4.78, 5) is 11.9. The Morgan fingerprint density at radius 3 is 2.45 bits per heavy atom. The van der Waals surface area contributed by atoms with E-state index in [-0.39, 0.29) is 23.3 Å². The number of carbonyl (C=O) groups is 1. The van der Waals surface area contributed by atoms with Crippen molar-refractivity contribution >= 4 is 31.9 Å². The zero-order valence-corrected chi connectivity index (χ0v) is 13.6. The highest BCUT2D eigenvalue weighted by Crippen LogP contribution is 2.29. The molecular formula is C13H16BrNO4S. The van der Waals surface area contributed by atoms with E-state index in [2.05, 4.69) is 15.9 Å². The molecule has 0 saturated carbocycles. The molecule has 0 N–H and O–H groups in total. The van der Waals surface area contributed by atoms with Gasteiger partial charge in [-0.2, -0.15) is 4.31 Å². The minimum Gasteiger partial charge on any atom is -0.469 e. The molecule has 1 aromatic carbocycles. The maximum atomic E-state index is 12.5. The zero-order valence-electron chi connectivity index (χ0n) is 11.2. The van der Waals surface area contributed by atoms with Crippen LogP contribution in [0.3, 0.4) is 0 Å². The standard InChI is InChI=1S/C13H16BrNO4S/c1-9-7-15(8-12(9)13(16)19-2)20(17,18)11-5-3-10(14)4-6-11/h3-6,9,12H,7-8H2,1-2H3. The van der Waals surface area contributed by atoms with Crippen LogP contribution in [0, 0.1) is 11.8 Å². The molecule has 7 heteroatoms. The molecule has 2 atom stereocenters. The molecule has 0 amide bonds. The van der Waals surface area contributed by atoms with Gasteiger partial charge in [0.2, 0.25) is 10.0 Å². The lowest BCUT2D eigenvalue weighted by Crippen LogP contribution is -2.30. The van der Waals surface area contributed by atoms with Crippen LogP contribution >= 0.6 is 15.9 Å². The minimum atomic E-state index is -3.56. The van der Waals surface area contributed by atoms with Gasteiger partial charge in [-0.25, -0.2) is 8.42 Å². The van der Waals surface area contributed by atoms with E-state index < -0.39 is 15.9 Å². The van der Waals surface area contributed by atoms with E-state index in [9.17, 15) is 13.2 Å². The van der Waals surface area contributed by atoms with Crippen molar-refractivity contribution in [3.63, 3.8) is 0 Å². The maximum absolute atomic E-state index is 12.5. The SMILES string of the molecule is COC(=O)C1CN(S(=O)(=O)c2ccc(Br)cc2)CC1C. The van der Waals surface area contributed by atoms with Gasteiger partial charge in [-0.05, 0) is 30.2 Å². The average molecular weight is 362 g/mol. The number of esters is 1. The van der Waals surface area contributed by atoms with Crippen LogP contribution in [0.25, 0.3) is 0 Å². The summed E-state index contributed by atoms with van der Waals surface area (Å²) in [6, 6.07) is 6.47.